The standard InChI is InChI=1S/C22H32F2O/c1-3-25-21-13-12-19(14-20(21)22(23)24)18-10-8-17(9-11-18)16-6-4-15(2)5-7-16/h12-18,22H,3-11H2,1-2H3. The number of ether oxygens (including phenoxy) is 1. The van der Waals surface area contributed by atoms with Crippen LogP contribution in [0.1, 0.15) is 88.7 Å². The zero-order valence-corrected chi connectivity index (χ0v) is 15.6. The van der Waals surface area contributed by atoms with Gasteiger partial charge >= 0.3 is 0 Å². The first-order valence-corrected chi connectivity index (χ1v) is 10.1. The van der Waals surface area contributed by atoms with E-state index in [9.17, 15) is 8.78 Å². The van der Waals surface area contributed by atoms with Gasteiger partial charge in [-0.2, -0.15) is 0 Å². The molecule has 0 radical (unpaired) electrons. The van der Waals surface area contributed by atoms with Crippen molar-refractivity contribution >= 4 is 0 Å². The van der Waals surface area contributed by atoms with E-state index < -0.39 is 6.43 Å². The van der Waals surface area contributed by atoms with Gasteiger partial charge in [0.15, 0.2) is 0 Å². The van der Waals surface area contributed by atoms with Gasteiger partial charge in [0.1, 0.15) is 5.75 Å². The molecule has 0 N–H and O–H groups in total. The SMILES string of the molecule is CCOc1ccc(C2CCC(C3CCC(C)CC3)CC2)cc1C(F)F. The molecule has 1 aromatic carbocycles. The molecular formula is C22H32F2O. The van der Waals surface area contributed by atoms with E-state index in [0.29, 0.717) is 18.3 Å². The molecular weight excluding hydrogens is 318 g/mol. The van der Waals surface area contributed by atoms with Crippen LogP contribution in [0.25, 0.3) is 0 Å². The second-order valence-electron chi connectivity index (χ2n) is 8.16. The summed E-state index contributed by atoms with van der Waals surface area (Å²) in [6, 6.07) is 5.45. The average Bonchev–Trinajstić information content (AvgIpc) is 2.63. The van der Waals surface area contributed by atoms with Crippen molar-refractivity contribution in [2.24, 2.45) is 17.8 Å². The van der Waals surface area contributed by atoms with Gasteiger partial charge in [-0.25, -0.2) is 8.78 Å². The molecule has 1 nitrogen and oxygen atoms in total. The van der Waals surface area contributed by atoms with Crippen LogP contribution in [0.5, 0.6) is 5.75 Å². The number of alkyl halides is 2. The van der Waals surface area contributed by atoms with Crippen LogP contribution >= 0.6 is 0 Å². The van der Waals surface area contributed by atoms with Gasteiger partial charge in [-0.1, -0.05) is 25.8 Å². The van der Waals surface area contributed by atoms with Crippen molar-refractivity contribution in [3.8, 4) is 5.75 Å². The lowest BCUT2D eigenvalue weighted by Crippen LogP contribution is -2.24. The molecule has 2 fully saturated rings. The van der Waals surface area contributed by atoms with E-state index in [0.717, 1.165) is 36.2 Å². The number of halogens is 2. The quantitative estimate of drug-likeness (QED) is 0.549. The van der Waals surface area contributed by atoms with Crippen LogP contribution in [0.3, 0.4) is 0 Å². The summed E-state index contributed by atoms with van der Waals surface area (Å²) < 4.78 is 32.1. The Hall–Kier alpha value is -1.12. The van der Waals surface area contributed by atoms with Gasteiger partial charge in [0.05, 0.1) is 12.2 Å². The first-order chi connectivity index (χ1) is 12.1. The minimum absolute atomic E-state index is 0.0581. The predicted molar refractivity (Wildman–Crippen MR) is 98.4 cm³/mol. The number of benzene rings is 1. The summed E-state index contributed by atoms with van der Waals surface area (Å²) in [4.78, 5) is 0. The molecule has 0 spiro atoms. The van der Waals surface area contributed by atoms with Gasteiger partial charge in [-0.15, -0.1) is 0 Å². The normalized spacial score (nSPS) is 30.4. The fraction of sp³-hybridized carbons (Fsp3) is 0.727. The minimum atomic E-state index is -2.47. The molecule has 2 aliphatic rings. The van der Waals surface area contributed by atoms with E-state index >= 15 is 0 Å². The van der Waals surface area contributed by atoms with Crippen molar-refractivity contribution < 1.29 is 13.5 Å². The highest BCUT2D eigenvalue weighted by Gasteiger charge is 2.30. The summed E-state index contributed by atoms with van der Waals surface area (Å²) in [7, 11) is 0. The highest BCUT2D eigenvalue weighted by Crippen LogP contribution is 2.44. The Labute approximate surface area is 151 Å². The van der Waals surface area contributed by atoms with Gasteiger partial charge in [0, 0.05) is 0 Å². The molecule has 2 aliphatic carbocycles. The molecule has 0 aromatic heterocycles. The Morgan fingerprint density at radius 2 is 1.56 bits per heavy atom. The number of hydrogen-bond donors (Lipinski definition) is 0. The lowest BCUT2D eigenvalue weighted by molar-refractivity contribution is 0.145. The molecule has 0 unspecified atom stereocenters. The van der Waals surface area contributed by atoms with Gasteiger partial charge in [-0.05, 0) is 86.8 Å². The molecule has 0 bridgehead atoms. The summed E-state index contributed by atoms with van der Waals surface area (Å²) >= 11 is 0. The maximum atomic E-state index is 13.4. The van der Waals surface area contributed by atoms with Crippen molar-refractivity contribution in [1.82, 2.24) is 0 Å². The Balaban J connectivity index is 1.61. The largest absolute Gasteiger partial charge is 0.493 e. The minimum Gasteiger partial charge on any atom is -0.493 e. The topological polar surface area (TPSA) is 9.23 Å². The van der Waals surface area contributed by atoms with Crippen molar-refractivity contribution in [3.05, 3.63) is 29.3 Å². The fourth-order valence-electron chi connectivity index (χ4n) is 4.96. The molecule has 3 rings (SSSR count). The lowest BCUT2D eigenvalue weighted by Gasteiger charge is -2.37. The first kappa shape index (κ1) is 18.7. The van der Waals surface area contributed by atoms with E-state index in [4.69, 9.17) is 4.74 Å². The van der Waals surface area contributed by atoms with Crippen molar-refractivity contribution in [2.45, 2.75) is 77.6 Å². The molecule has 0 atom stereocenters. The summed E-state index contributed by atoms with van der Waals surface area (Å²) in [6.07, 6.45) is 7.93. The zero-order valence-electron chi connectivity index (χ0n) is 15.6. The lowest BCUT2D eigenvalue weighted by atomic mass is 9.68. The first-order valence-electron chi connectivity index (χ1n) is 10.1. The Morgan fingerprint density at radius 3 is 2.12 bits per heavy atom. The highest BCUT2D eigenvalue weighted by atomic mass is 19.3. The Morgan fingerprint density at radius 1 is 0.960 bits per heavy atom. The van der Waals surface area contributed by atoms with E-state index in [-0.39, 0.29) is 5.56 Å². The molecule has 140 valence electrons. The summed E-state index contributed by atoms with van der Waals surface area (Å²) in [6.45, 7) is 4.63. The molecule has 0 heterocycles. The summed E-state index contributed by atoms with van der Waals surface area (Å²) in [5.41, 5.74) is 1.14. The van der Waals surface area contributed by atoms with Crippen LogP contribution < -0.4 is 4.74 Å². The molecule has 0 amide bonds. The third-order valence-corrected chi connectivity index (χ3v) is 6.54. The van der Waals surface area contributed by atoms with Gasteiger partial charge in [-0.3, -0.25) is 0 Å². The third kappa shape index (κ3) is 4.54. The maximum Gasteiger partial charge on any atom is 0.267 e. The Bertz CT molecular complexity index is 541. The summed E-state index contributed by atoms with van der Waals surface area (Å²) in [5, 5.41) is 0. The second-order valence-corrected chi connectivity index (χ2v) is 8.16. The molecule has 0 aliphatic heterocycles. The van der Waals surface area contributed by atoms with Gasteiger partial charge in [0.25, 0.3) is 6.43 Å². The van der Waals surface area contributed by atoms with E-state index in [1.54, 1.807) is 12.1 Å². The van der Waals surface area contributed by atoms with Crippen LogP contribution in [-0.2, 0) is 0 Å². The monoisotopic (exact) mass is 350 g/mol. The van der Waals surface area contributed by atoms with E-state index in [1.807, 2.05) is 13.0 Å². The molecule has 1 aromatic rings. The second kappa shape index (κ2) is 8.51. The van der Waals surface area contributed by atoms with Crippen LogP contribution in [-0.4, -0.2) is 6.61 Å². The molecule has 3 heteroatoms. The van der Waals surface area contributed by atoms with Crippen molar-refractivity contribution in [3.63, 3.8) is 0 Å². The third-order valence-electron chi connectivity index (χ3n) is 6.54. The van der Waals surface area contributed by atoms with Crippen LogP contribution in [0.2, 0.25) is 0 Å². The van der Waals surface area contributed by atoms with E-state index in [1.165, 1.54) is 38.5 Å². The average molecular weight is 350 g/mol. The van der Waals surface area contributed by atoms with Crippen molar-refractivity contribution in [1.29, 1.82) is 0 Å². The molecule has 25 heavy (non-hydrogen) atoms. The fourth-order valence-corrected chi connectivity index (χ4v) is 4.96. The van der Waals surface area contributed by atoms with Crippen molar-refractivity contribution in [2.75, 3.05) is 6.61 Å². The molecule has 2 saturated carbocycles. The molecule has 0 saturated heterocycles. The van der Waals surface area contributed by atoms with Crippen LogP contribution in [0, 0.1) is 17.8 Å². The highest BCUT2D eigenvalue weighted by molar-refractivity contribution is 5.39. The number of rotatable bonds is 5. The summed E-state index contributed by atoms with van der Waals surface area (Å²) in [5.74, 6) is 3.46. The smallest absolute Gasteiger partial charge is 0.267 e. The van der Waals surface area contributed by atoms with Crippen LogP contribution in [0.15, 0.2) is 18.2 Å². The number of hydrogen-bond acceptors (Lipinski definition) is 1. The Kier molecular flexibility index (Phi) is 6.35. The zero-order chi connectivity index (χ0) is 17.8. The van der Waals surface area contributed by atoms with Gasteiger partial charge < -0.3 is 4.74 Å². The van der Waals surface area contributed by atoms with E-state index in [2.05, 4.69) is 6.92 Å². The maximum absolute atomic E-state index is 13.4. The van der Waals surface area contributed by atoms with Crippen LogP contribution in [0.4, 0.5) is 8.78 Å². The predicted octanol–water partition coefficient (Wildman–Crippen LogP) is 7.12. The van der Waals surface area contributed by atoms with Gasteiger partial charge in [0.2, 0.25) is 0 Å².